The number of hydrogen-bond acceptors (Lipinski definition) is 4. The van der Waals surface area contributed by atoms with Crippen LogP contribution in [0.4, 0.5) is 0 Å². The highest BCUT2D eigenvalue weighted by Crippen LogP contribution is 2.17. The lowest BCUT2D eigenvalue weighted by atomic mass is 10.2. The SMILES string of the molecule is Cc1cnc(S(=O)(=O)Cl)c(C#N)c1. The van der Waals surface area contributed by atoms with Gasteiger partial charge < -0.3 is 0 Å². The molecule has 0 radical (unpaired) electrons. The van der Waals surface area contributed by atoms with Crippen LogP contribution in [-0.2, 0) is 9.05 Å². The van der Waals surface area contributed by atoms with Crippen LogP contribution in [0.3, 0.4) is 0 Å². The zero-order valence-electron chi connectivity index (χ0n) is 6.65. The van der Waals surface area contributed by atoms with Gasteiger partial charge in [-0.25, -0.2) is 13.4 Å². The molecule has 0 aromatic carbocycles. The van der Waals surface area contributed by atoms with Crippen molar-refractivity contribution in [3.05, 3.63) is 23.4 Å². The van der Waals surface area contributed by atoms with Crippen LogP contribution >= 0.6 is 10.7 Å². The third kappa shape index (κ3) is 2.17. The van der Waals surface area contributed by atoms with Gasteiger partial charge in [0.1, 0.15) is 6.07 Å². The molecule has 1 aromatic rings. The second kappa shape index (κ2) is 3.32. The highest BCUT2D eigenvalue weighted by molar-refractivity contribution is 8.13. The lowest BCUT2D eigenvalue weighted by Crippen LogP contribution is -1.99. The summed E-state index contributed by atoms with van der Waals surface area (Å²) in [5, 5.41) is 8.21. The summed E-state index contributed by atoms with van der Waals surface area (Å²) in [6.45, 7) is 1.71. The average molecular weight is 217 g/mol. The predicted octanol–water partition coefficient (Wildman–Crippen LogP) is 1.19. The van der Waals surface area contributed by atoms with E-state index in [9.17, 15) is 8.42 Å². The van der Waals surface area contributed by atoms with Crippen LogP contribution in [-0.4, -0.2) is 13.4 Å². The van der Waals surface area contributed by atoms with Crippen molar-refractivity contribution in [3.63, 3.8) is 0 Å². The molecule has 0 spiro atoms. The monoisotopic (exact) mass is 216 g/mol. The summed E-state index contributed by atoms with van der Waals surface area (Å²) in [5.41, 5.74) is 0.676. The number of rotatable bonds is 1. The van der Waals surface area contributed by atoms with Gasteiger partial charge in [0.2, 0.25) is 0 Å². The molecule has 0 aliphatic heterocycles. The normalized spacial score (nSPS) is 10.8. The zero-order valence-corrected chi connectivity index (χ0v) is 8.22. The summed E-state index contributed by atoms with van der Waals surface area (Å²) in [4.78, 5) is 3.58. The van der Waals surface area contributed by atoms with E-state index in [0.717, 1.165) is 0 Å². The molecule has 6 heteroatoms. The van der Waals surface area contributed by atoms with Crippen molar-refractivity contribution in [1.29, 1.82) is 5.26 Å². The van der Waals surface area contributed by atoms with Crippen LogP contribution in [0.2, 0.25) is 0 Å². The molecule has 13 heavy (non-hydrogen) atoms. The number of hydrogen-bond donors (Lipinski definition) is 0. The zero-order chi connectivity index (χ0) is 10.1. The largest absolute Gasteiger partial charge is 0.280 e. The molecule has 0 N–H and O–H groups in total. The molecule has 0 aliphatic carbocycles. The summed E-state index contributed by atoms with van der Waals surface area (Å²) >= 11 is 0. The fourth-order valence-electron chi connectivity index (χ4n) is 0.831. The molecule has 0 fully saturated rings. The first-order valence-electron chi connectivity index (χ1n) is 3.26. The lowest BCUT2D eigenvalue weighted by molar-refractivity contribution is 0.606. The van der Waals surface area contributed by atoms with E-state index in [0.29, 0.717) is 5.56 Å². The van der Waals surface area contributed by atoms with E-state index in [2.05, 4.69) is 4.98 Å². The van der Waals surface area contributed by atoms with E-state index in [4.69, 9.17) is 15.9 Å². The van der Waals surface area contributed by atoms with Gasteiger partial charge in [-0.05, 0) is 18.6 Å². The second-order valence-corrected chi connectivity index (χ2v) is 4.90. The Morgan fingerprint density at radius 2 is 2.23 bits per heavy atom. The van der Waals surface area contributed by atoms with E-state index < -0.39 is 9.05 Å². The first kappa shape index (κ1) is 9.96. The second-order valence-electron chi connectivity index (χ2n) is 2.42. The van der Waals surface area contributed by atoms with Gasteiger partial charge in [0, 0.05) is 16.9 Å². The van der Waals surface area contributed by atoms with Crippen molar-refractivity contribution >= 4 is 19.7 Å². The van der Waals surface area contributed by atoms with Gasteiger partial charge in [0.15, 0.2) is 5.03 Å². The van der Waals surface area contributed by atoms with E-state index >= 15 is 0 Å². The molecule has 0 saturated heterocycles. The Morgan fingerprint density at radius 1 is 1.62 bits per heavy atom. The Kier molecular flexibility index (Phi) is 2.55. The Balaban J connectivity index is 3.50. The first-order valence-corrected chi connectivity index (χ1v) is 5.57. The molecular weight excluding hydrogens is 212 g/mol. The maximum Gasteiger partial charge on any atom is 0.280 e. The number of aryl methyl sites for hydroxylation is 1. The fraction of sp³-hybridized carbons (Fsp3) is 0.143. The van der Waals surface area contributed by atoms with Gasteiger partial charge in [-0.1, -0.05) is 0 Å². The van der Waals surface area contributed by atoms with Gasteiger partial charge in [-0.15, -0.1) is 0 Å². The highest BCUT2D eigenvalue weighted by Gasteiger charge is 2.17. The van der Waals surface area contributed by atoms with Crippen LogP contribution in [0, 0.1) is 18.3 Å². The quantitative estimate of drug-likeness (QED) is 0.661. The number of nitrogens with zero attached hydrogens (tertiary/aromatic N) is 2. The Bertz CT molecular complexity index is 476. The number of aromatic nitrogens is 1. The number of nitriles is 1. The average Bonchev–Trinajstić information content (AvgIpc) is 2.01. The molecule has 0 atom stereocenters. The van der Waals surface area contributed by atoms with Crippen LogP contribution in [0.25, 0.3) is 0 Å². The minimum Gasteiger partial charge on any atom is -0.242 e. The van der Waals surface area contributed by atoms with Crippen molar-refractivity contribution in [2.24, 2.45) is 0 Å². The Hall–Kier alpha value is -1.12. The lowest BCUT2D eigenvalue weighted by Gasteiger charge is -1.98. The summed E-state index contributed by atoms with van der Waals surface area (Å²) in [6.07, 6.45) is 1.34. The minimum atomic E-state index is -3.92. The van der Waals surface area contributed by atoms with E-state index in [1.807, 2.05) is 0 Å². The van der Waals surface area contributed by atoms with Crippen LogP contribution in [0.15, 0.2) is 17.3 Å². The van der Waals surface area contributed by atoms with Gasteiger partial charge in [0.25, 0.3) is 9.05 Å². The summed E-state index contributed by atoms with van der Waals surface area (Å²) in [5.74, 6) is 0. The van der Waals surface area contributed by atoms with E-state index in [-0.39, 0.29) is 10.6 Å². The Labute approximate surface area is 80.2 Å². The van der Waals surface area contributed by atoms with Crippen molar-refractivity contribution in [1.82, 2.24) is 4.98 Å². The standard InChI is InChI=1S/C7H5ClN2O2S/c1-5-2-6(3-9)7(10-4-5)13(8,11)12/h2,4H,1H3. The van der Waals surface area contributed by atoms with Crippen LogP contribution in [0.5, 0.6) is 0 Å². The molecule has 68 valence electrons. The van der Waals surface area contributed by atoms with E-state index in [1.165, 1.54) is 12.3 Å². The molecule has 0 amide bonds. The number of pyridine rings is 1. The Morgan fingerprint density at radius 3 is 2.69 bits per heavy atom. The molecule has 0 aliphatic rings. The van der Waals surface area contributed by atoms with Crippen LogP contribution < -0.4 is 0 Å². The molecule has 1 heterocycles. The maximum absolute atomic E-state index is 10.9. The highest BCUT2D eigenvalue weighted by atomic mass is 35.7. The predicted molar refractivity (Wildman–Crippen MR) is 46.7 cm³/mol. The maximum atomic E-state index is 10.9. The molecule has 4 nitrogen and oxygen atoms in total. The summed E-state index contributed by atoms with van der Waals surface area (Å²) in [7, 11) is 1.13. The minimum absolute atomic E-state index is 0.0324. The smallest absolute Gasteiger partial charge is 0.242 e. The molecule has 0 saturated carbocycles. The summed E-state index contributed by atoms with van der Waals surface area (Å²) < 4.78 is 21.8. The molecule has 1 aromatic heterocycles. The van der Waals surface area contributed by atoms with Crippen molar-refractivity contribution in [3.8, 4) is 6.07 Å². The summed E-state index contributed by atoms with van der Waals surface area (Å²) in [6, 6.07) is 3.14. The topological polar surface area (TPSA) is 70.8 Å². The fourth-order valence-corrected chi connectivity index (χ4v) is 1.75. The molecule has 1 rings (SSSR count). The van der Waals surface area contributed by atoms with Gasteiger partial charge >= 0.3 is 0 Å². The van der Waals surface area contributed by atoms with Crippen molar-refractivity contribution < 1.29 is 8.42 Å². The van der Waals surface area contributed by atoms with Gasteiger partial charge in [-0.2, -0.15) is 5.26 Å². The third-order valence-electron chi connectivity index (χ3n) is 1.34. The van der Waals surface area contributed by atoms with Crippen molar-refractivity contribution in [2.75, 3.05) is 0 Å². The van der Waals surface area contributed by atoms with Crippen molar-refractivity contribution in [2.45, 2.75) is 11.9 Å². The third-order valence-corrected chi connectivity index (χ3v) is 2.56. The van der Waals surface area contributed by atoms with Gasteiger partial charge in [0.05, 0.1) is 5.56 Å². The molecule has 0 bridgehead atoms. The van der Waals surface area contributed by atoms with Crippen LogP contribution in [0.1, 0.15) is 11.1 Å². The molecule has 0 unspecified atom stereocenters. The van der Waals surface area contributed by atoms with E-state index in [1.54, 1.807) is 13.0 Å². The molecular formula is C7H5ClN2O2S. The number of halogens is 1. The van der Waals surface area contributed by atoms with Gasteiger partial charge in [-0.3, -0.25) is 0 Å². The first-order chi connectivity index (χ1) is 5.95.